The SMILES string of the molecule is Clc1ccc(C2=C(CN3CCOCC3)N3C=CC(c4ccccc4)=CC3N2)cc1. The Kier molecular flexibility index (Phi) is 5.15. The maximum Gasteiger partial charge on any atom is 0.123 e. The van der Waals surface area contributed by atoms with Crippen LogP contribution < -0.4 is 5.32 Å². The summed E-state index contributed by atoms with van der Waals surface area (Å²) in [6, 6.07) is 18.6. The van der Waals surface area contributed by atoms with Crippen molar-refractivity contribution in [2.24, 2.45) is 0 Å². The van der Waals surface area contributed by atoms with Crippen molar-refractivity contribution >= 4 is 22.9 Å². The lowest BCUT2D eigenvalue weighted by Gasteiger charge is -2.32. The van der Waals surface area contributed by atoms with E-state index in [2.05, 4.69) is 75.9 Å². The Morgan fingerprint density at radius 3 is 2.48 bits per heavy atom. The Balaban J connectivity index is 1.47. The summed E-state index contributed by atoms with van der Waals surface area (Å²) >= 11 is 6.13. The summed E-state index contributed by atoms with van der Waals surface area (Å²) in [5, 5.41) is 4.50. The van der Waals surface area contributed by atoms with Gasteiger partial charge in [0.1, 0.15) is 6.17 Å². The van der Waals surface area contributed by atoms with Crippen molar-refractivity contribution in [1.29, 1.82) is 0 Å². The predicted molar refractivity (Wildman–Crippen MR) is 118 cm³/mol. The first-order chi connectivity index (χ1) is 14.3. The second-order valence-electron chi connectivity index (χ2n) is 7.52. The van der Waals surface area contributed by atoms with E-state index in [9.17, 15) is 0 Å². The molecule has 2 aromatic rings. The van der Waals surface area contributed by atoms with E-state index in [4.69, 9.17) is 16.3 Å². The van der Waals surface area contributed by atoms with Crippen LogP contribution in [0.1, 0.15) is 11.1 Å². The number of allylic oxidation sites excluding steroid dienone is 2. The van der Waals surface area contributed by atoms with E-state index in [0.29, 0.717) is 0 Å². The van der Waals surface area contributed by atoms with E-state index in [1.54, 1.807) is 0 Å². The van der Waals surface area contributed by atoms with Crippen molar-refractivity contribution in [3.8, 4) is 0 Å². The van der Waals surface area contributed by atoms with Crippen LogP contribution in [0.4, 0.5) is 0 Å². The minimum atomic E-state index is 0.108. The van der Waals surface area contributed by atoms with Gasteiger partial charge in [0.15, 0.2) is 0 Å². The molecule has 3 aliphatic rings. The predicted octanol–water partition coefficient (Wildman–Crippen LogP) is 4.18. The third-order valence-corrected chi connectivity index (χ3v) is 5.91. The highest BCUT2D eigenvalue weighted by Crippen LogP contribution is 2.34. The molecule has 4 nitrogen and oxygen atoms in total. The number of halogens is 1. The fourth-order valence-electron chi connectivity index (χ4n) is 4.11. The number of benzene rings is 2. The van der Waals surface area contributed by atoms with Gasteiger partial charge in [-0.05, 0) is 41.0 Å². The first kappa shape index (κ1) is 18.5. The third-order valence-electron chi connectivity index (χ3n) is 5.66. The van der Waals surface area contributed by atoms with Gasteiger partial charge in [0, 0.05) is 30.9 Å². The fraction of sp³-hybridized carbons (Fsp3) is 0.250. The second kappa shape index (κ2) is 8.07. The average Bonchev–Trinajstić information content (AvgIpc) is 3.13. The molecule has 5 rings (SSSR count). The molecule has 0 aromatic heterocycles. The molecule has 3 heterocycles. The van der Waals surface area contributed by atoms with Crippen molar-refractivity contribution in [3.05, 3.63) is 94.8 Å². The number of rotatable bonds is 4. The van der Waals surface area contributed by atoms with Crippen LogP contribution in [0.5, 0.6) is 0 Å². The van der Waals surface area contributed by atoms with Gasteiger partial charge in [0.25, 0.3) is 0 Å². The molecule has 0 aliphatic carbocycles. The van der Waals surface area contributed by atoms with Gasteiger partial charge in [-0.25, -0.2) is 0 Å². The highest BCUT2D eigenvalue weighted by molar-refractivity contribution is 6.30. The molecule has 148 valence electrons. The van der Waals surface area contributed by atoms with Gasteiger partial charge in [-0.1, -0.05) is 54.1 Å². The lowest BCUT2D eigenvalue weighted by Crippen LogP contribution is -2.40. The number of morpholine rings is 1. The Hall–Kier alpha value is -2.53. The number of ether oxygens (including phenoxy) is 1. The zero-order valence-electron chi connectivity index (χ0n) is 16.2. The van der Waals surface area contributed by atoms with E-state index < -0.39 is 0 Å². The Morgan fingerprint density at radius 2 is 1.72 bits per heavy atom. The smallest absolute Gasteiger partial charge is 0.123 e. The van der Waals surface area contributed by atoms with Gasteiger partial charge in [-0.15, -0.1) is 0 Å². The van der Waals surface area contributed by atoms with Crippen LogP contribution in [0.3, 0.4) is 0 Å². The summed E-state index contributed by atoms with van der Waals surface area (Å²) in [5.41, 5.74) is 6.10. The molecule has 1 saturated heterocycles. The molecule has 1 unspecified atom stereocenters. The normalized spacial score (nSPS) is 21.8. The van der Waals surface area contributed by atoms with Crippen LogP contribution in [-0.2, 0) is 4.74 Å². The van der Waals surface area contributed by atoms with E-state index in [1.165, 1.54) is 22.5 Å². The van der Waals surface area contributed by atoms with Crippen molar-refractivity contribution in [3.63, 3.8) is 0 Å². The van der Waals surface area contributed by atoms with Crippen LogP contribution in [-0.4, -0.2) is 48.8 Å². The molecule has 29 heavy (non-hydrogen) atoms. The summed E-state index contributed by atoms with van der Waals surface area (Å²) in [7, 11) is 0. The monoisotopic (exact) mass is 405 g/mol. The molecule has 0 bridgehead atoms. The van der Waals surface area contributed by atoms with Gasteiger partial charge in [-0.2, -0.15) is 0 Å². The largest absolute Gasteiger partial charge is 0.379 e. The number of nitrogens with zero attached hydrogens (tertiary/aromatic N) is 2. The molecule has 1 fully saturated rings. The number of hydrogen-bond donors (Lipinski definition) is 1. The molecule has 0 saturated carbocycles. The van der Waals surface area contributed by atoms with Gasteiger partial charge in [0.05, 0.1) is 24.6 Å². The lowest BCUT2D eigenvalue weighted by atomic mass is 10.0. The van der Waals surface area contributed by atoms with Crippen LogP contribution in [0.15, 0.2) is 78.6 Å². The first-order valence-corrected chi connectivity index (χ1v) is 10.5. The Morgan fingerprint density at radius 1 is 0.966 bits per heavy atom. The Labute approximate surface area is 176 Å². The van der Waals surface area contributed by atoms with Crippen molar-refractivity contribution in [2.75, 3.05) is 32.8 Å². The van der Waals surface area contributed by atoms with Gasteiger partial charge < -0.3 is 15.0 Å². The highest BCUT2D eigenvalue weighted by atomic mass is 35.5. The standard InChI is InChI=1S/C24H24ClN3O/c25-21-8-6-19(7-9-21)24-22(17-27-12-14-29-15-13-27)28-11-10-20(16-23(28)26-24)18-4-2-1-3-5-18/h1-11,16,23,26H,12-15,17H2. The number of nitrogens with one attached hydrogen (secondary N) is 1. The van der Waals surface area contributed by atoms with Crippen molar-refractivity contribution < 1.29 is 4.74 Å². The lowest BCUT2D eigenvalue weighted by molar-refractivity contribution is 0.0401. The van der Waals surface area contributed by atoms with E-state index in [1.807, 2.05) is 12.1 Å². The van der Waals surface area contributed by atoms with E-state index >= 15 is 0 Å². The highest BCUT2D eigenvalue weighted by Gasteiger charge is 2.32. The molecule has 1 N–H and O–H groups in total. The molecule has 5 heteroatoms. The fourth-order valence-corrected chi connectivity index (χ4v) is 4.24. The molecular formula is C24H24ClN3O. The molecule has 3 aliphatic heterocycles. The molecule has 0 amide bonds. The summed E-state index contributed by atoms with van der Waals surface area (Å²) in [6.07, 6.45) is 6.82. The maximum atomic E-state index is 6.13. The molecule has 0 radical (unpaired) electrons. The minimum Gasteiger partial charge on any atom is -0.379 e. The minimum absolute atomic E-state index is 0.108. The quantitative estimate of drug-likeness (QED) is 0.825. The van der Waals surface area contributed by atoms with Crippen molar-refractivity contribution in [1.82, 2.24) is 15.1 Å². The van der Waals surface area contributed by atoms with E-state index in [0.717, 1.165) is 43.4 Å². The van der Waals surface area contributed by atoms with E-state index in [-0.39, 0.29) is 6.17 Å². The molecule has 0 spiro atoms. The number of hydrogen-bond acceptors (Lipinski definition) is 4. The van der Waals surface area contributed by atoms with Gasteiger partial charge in [0.2, 0.25) is 0 Å². The number of fused-ring (bicyclic) bond motifs is 1. The van der Waals surface area contributed by atoms with Crippen LogP contribution in [0.2, 0.25) is 5.02 Å². The second-order valence-corrected chi connectivity index (χ2v) is 7.95. The maximum absolute atomic E-state index is 6.13. The van der Waals surface area contributed by atoms with Crippen LogP contribution in [0.25, 0.3) is 11.3 Å². The van der Waals surface area contributed by atoms with Crippen LogP contribution >= 0.6 is 11.6 Å². The summed E-state index contributed by atoms with van der Waals surface area (Å²) in [6.45, 7) is 4.42. The topological polar surface area (TPSA) is 27.7 Å². The first-order valence-electron chi connectivity index (χ1n) is 10.1. The van der Waals surface area contributed by atoms with Gasteiger partial charge >= 0.3 is 0 Å². The zero-order valence-corrected chi connectivity index (χ0v) is 17.0. The van der Waals surface area contributed by atoms with Crippen LogP contribution in [0, 0.1) is 0 Å². The summed E-state index contributed by atoms with van der Waals surface area (Å²) in [4.78, 5) is 4.81. The third kappa shape index (κ3) is 3.84. The summed E-state index contributed by atoms with van der Waals surface area (Å²) < 4.78 is 5.53. The van der Waals surface area contributed by atoms with Gasteiger partial charge in [-0.3, -0.25) is 4.90 Å². The molecule has 2 aromatic carbocycles. The van der Waals surface area contributed by atoms with Crippen molar-refractivity contribution in [2.45, 2.75) is 6.17 Å². The molecular weight excluding hydrogens is 382 g/mol. The summed E-state index contributed by atoms with van der Waals surface area (Å²) in [5.74, 6) is 0. The average molecular weight is 406 g/mol. The zero-order chi connectivity index (χ0) is 19.6. The molecule has 1 atom stereocenters. The Bertz CT molecular complexity index is 959.